The fraction of sp³-hybridized carbons (Fsp3) is 0.500. The van der Waals surface area contributed by atoms with Crippen molar-refractivity contribution in [1.82, 2.24) is 14.9 Å². The molecule has 1 saturated carbocycles. The Kier molecular flexibility index (Phi) is 3.96. The van der Waals surface area contributed by atoms with Gasteiger partial charge in [-0.25, -0.2) is 4.98 Å². The summed E-state index contributed by atoms with van der Waals surface area (Å²) in [5.74, 6) is 1.01. The summed E-state index contributed by atoms with van der Waals surface area (Å²) in [5, 5.41) is 3.88. The van der Waals surface area contributed by atoms with E-state index in [0.29, 0.717) is 29.3 Å². The van der Waals surface area contributed by atoms with E-state index in [1.807, 2.05) is 23.1 Å². The second-order valence-corrected chi connectivity index (χ2v) is 6.83. The van der Waals surface area contributed by atoms with Crippen LogP contribution in [0, 0.1) is 5.92 Å². The zero-order valence-electron chi connectivity index (χ0n) is 13.6. The van der Waals surface area contributed by atoms with Gasteiger partial charge < -0.3 is 10.2 Å². The lowest BCUT2D eigenvalue weighted by molar-refractivity contribution is -0.134. The number of carbonyl (C=O) groups is 1. The minimum atomic E-state index is -0.139. The highest BCUT2D eigenvalue weighted by atomic mass is 16.2. The molecule has 2 aliphatic rings. The smallest absolute Gasteiger partial charge is 0.260 e. The van der Waals surface area contributed by atoms with E-state index in [4.69, 9.17) is 0 Å². The average molecular weight is 326 g/mol. The maximum atomic E-state index is 12.5. The molecule has 2 fully saturated rings. The van der Waals surface area contributed by atoms with Crippen LogP contribution < -0.4 is 10.9 Å². The third-order valence-electron chi connectivity index (χ3n) is 5.16. The number of hydrogen-bond acceptors (Lipinski definition) is 4. The quantitative estimate of drug-likeness (QED) is 0.906. The predicted molar refractivity (Wildman–Crippen MR) is 92.9 cm³/mol. The van der Waals surface area contributed by atoms with Crippen LogP contribution in [0.3, 0.4) is 0 Å². The van der Waals surface area contributed by atoms with Crippen LogP contribution in [0.25, 0.3) is 10.9 Å². The molecule has 0 radical (unpaired) electrons. The van der Waals surface area contributed by atoms with Gasteiger partial charge >= 0.3 is 0 Å². The Morgan fingerprint density at radius 2 is 2.00 bits per heavy atom. The van der Waals surface area contributed by atoms with Gasteiger partial charge in [0.25, 0.3) is 5.56 Å². The summed E-state index contributed by atoms with van der Waals surface area (Å²) in [6.45, 7) is 1.47. The van der Waals surface area contributed by atoms with Gasteiger partial charge in [-0.05, 0) is 31.4 Å². The number of rotatable bonds is 3. The standard InChI is InChI=1S/C18H22N4O2/c23-16-14-7-3-4-8-15(14)20-18(21-16)19-13-9-10-22(11-13)17(24)12-5-1-2-6-12/h3-4,7-8,12-13H,1-2,5-6,9-11H2,(H2,19,20,21,23). The van der Waals surface area contributed by atoms with Gasteiger partial charge in [0.2, 0.25) is 11.9 Å². The first-order valence-electron chi connectivity index (χ1n) is 8.75. The molecule has 1 atom stereocenters. The molecule has 1 saturated heterocycles. The normalized spacial score (nSPS) is 21.5. The molecule has 1 aromatic carbocycles. The van der Waals surface area contributed by atoms with E-state index in [-0.39, 0.29) is 17.5 Å². The Bertz CT molecular complexity index is 810. The summed E-state index contributed by atoms with van der Waals surface area (Å²) in [5.41, 5.74) is 0.542. The molecular formula is C18H22N4O2. The molecule has 2 aromatic rings. The van der Waals surface area contributed by atoms with Crippen LogP contribution in [0.2, 0.25) is 0 Å². The van der Waals surface area contributed by atoms with Crippen molar-refractivity contribution in [2.24, 2.45) is 5.92 Å². The van der Waals surface area contributed by atoms with E-state index in [9.17, 15) is 9.59 Å². The number of H-pyrrole nitrogens is 1. The van der Waals surface area contributed by atoms with Gasteiger partial charge in [-0.1, -0.05) is 25.0 Å². The second-order valence-electron chi connectivity index (χ2n) is 6.83. The van der Waals surface area contributed by atoms with Crippen molar-refractivity contribution in [2.75, 3.05) is 18.4 Å². The molecule has 2 heterocycles. The number of likely N-dealkylation sites (tertiary alicyclic amines) is 1. The van der Waals surface area contributed by atoms with Crippen LogP contribution in [-0.4, -0.2) is 39.9 Å². The number of benzene rings is 1. The number of nitrogens with zero attached hydrogens (tertiary/aromatic N) is 2. The number of aromatic amines is 1. The number of nitrogens with one attached hydrogen (secondary N) is 2. The second kappa shape index (κ2) is 6.26. The molecule has 24 heavy (non-hydrogen) atoms. The van der Waals surface area contributed by atoms with Crippen molar-refractivity contribution < 1.29 is 4.79 Å². The highest BCUT2D eigenvalue weighted by Gasteiger charge is 2.32. The summed E-state index contributed by atoms with van der Waals surface area (Å²) in [4.78, 5) is 33.9. The Morgan fingerprint density at radius 1 is 1.21 bits per heavy atom. The number of para-hydroxylation sites is 1. The van der Waals surface area contributed by atoms with Crippen LogP contribution in [0.15, 0.2) is 29.1 Å². The SMILES string of the molecule is O=C(C1CCCC1)N1CCC(Nc2nc3ccccc3c(=O)[nH]2)C1. The highest BCUT2D eigenvalue weighted by Crippen LogP contribution is 2.28. The molecule has 6 heteroatoms. The third kappa shape index (κ3) is 2.88. The summed E-state index contributed by atoms with van der Waals surface area (Å²) in [7, 11) is 0. The van der Waals surface area contributed by atoms with Crippen molar-refractivity contribution >= 4 is 22.8 Å². The Morgan fingerprint density at radius 3 is 2.83 bits per heavy atom. The van der Waals surface area contributed by atoms with Crippen molar-refractivity contribution in [1.29, 1.82) is 0 Å². The molecule has 4 rings (SSSR count). The first kappa shape index (κ1) is 15.2. The van der Waals surface area contributed by atoms with Crippen LogP contribution in [0.5, 0.6) is 0 Å². The fourth-order valence-electron chi connectivity index (χ4n) is 3.86. The molecule has 1 unspecified atom stereocenters. The van der Waals surface area contributed by atoms with Gasteiger partial charge in [0.05, 0.1) is 10.9 Å². The molecular weight excluding hydrogens is 304 g/mol. The summed E-state index contributed by atoms with van der Waals surface area (Å²) >= 11 is 0. The fourth-order valence-corrected chi connectivity index (χ4v) is 3.86. The van der Waals surface area contributed by atoms with E-state index in [2.05, 4.69) is 15.3 Å². The lowest BCUT2D eigenvalue weighted by atomic mass is 10.1. The van der Waals surface area contributed by atoms with Gasteiger partial charge in [0.15, 0.2) is 0 Å². The number of carbonyl (C=O) groups excluding carboxylic acids is 1. The predicted octanol–water partition coefficient (Wildman–Crippen LogP) is 2.13. The molecule has 2 N–H and O–H groups in total. The monoisotopic (exact) mass is 326 g/mol. The van der Waals surface area contributed by atoms with Crippen molar-refractivity contribution in [3.05, 3.63) is 34.6 Å². The van der Waals surface area contributed by atoms with Crippen molar-refractivity contribution in [3.63, 3.8) is 0 Å². The summed E-state index contributed by atoms with van der Waals surface area (Å²) < 4.78 is 0. The lowest BCUT2D eigenvalue weighted by Gasteiger charge is -2.20. The first-order chi connectivity index (χ1) is 11.7. The molecule has 0 bridgehead atoms. The lowest BCUT2D eigenvalue weighted by Crippen LogP contribution is -2.35. The van der Waals surface area contributed by atoms with Gasteiger partial charge in [0.1, 0.15) is 0 Å². The van der Waals surface area contributed by atoms with Crippen LogP contribution in [0.1, 0.15) is 32.1 Å². The Hall–Kier alpha value is -2.37. The largest absolute Gasteiger partial charge is 0.351 e. The zero-order chi connectivity index (χ0) is 16.5. The van der Waals surface area contributed by atoms with Crippen LogP contribution in [0.4, 0.5) is 5.95 Å². The number of anilines is 1. The van der Waals surface area contributed by atoms with E-state index in [0.717, 1.165) is 25.8 Å². The number of fused-ring (bicyclic) bond motifs is 1. The van der Waals surface area contributed by atoms with Gasteiger partial charge in [-0.3, -0.25) is 14.6 Å². The first-order valence-corrected chi connectivity index (χ1v) is 8.75. The van der Waals surface area contributed by atoms with E-state index < -0.39 is 0 Å². The average Bonchev–Trinajstić information content (AvgIpc) is 3.26. The molecule has 0 spiro atoms. The molecule has 1 amide bonds. The van der Waals surface area contributed by atoms with Crippen LogP contribution in [-0.2, 0) is 4.79 Å². The maximum absolute atomic E-state index is 12.5. The van der Waals surface area contributed by atoms with Crippen LogP contribution >= 0.6 is 0 Å². The van der Waals surface area contributed by atoms with E-state index in [1.54, 1.807) is 6.07 Å². The third-order valence-corrected chi connectivity index (χ3v) is 5.16. The molecule has 1 aliphatic heterocycles. The summed E-state index contributed by atoms with van der Waals surface area (Å²) in [6, 6.07) is 7.44. The van der Waals surface area contributed by atoms with E-state index in [1.165, 1.54) is 12.8 Å². The minimum absolute atomic E-state index is 0.139. The van der Waals surface area contributed by atoms with Crippen molar-refractivity contribution in [2.45, 2.75) is 38.1 Å². The molecule has 1 aromatic heterocycles. The summed E-state index contributed by atoms with van der Waals surface area (Å²) in [6.07, 6.45) is 5.30. The Labute approximate surface area is 140 Å². The molecule has 126 valence electrons. The number of hydrogen-bond donors (Lipinski definition) is 2. The number of amides is 1. The highest BCUT2D eigenvalue weighted by molar-refractivity contribution is 5.80. The van der Waals surface area contributed by atoms with E-state index >= 15 is 0 Å². The van der Waals surface area contributed by atoms with Crippen molar-refractivity contribution in [3.8, 4) is 0 Å². The maximum Gasteiger partial charge on any atom is 0.260 e. The topological polar surface area (TPSA) is 78.1 Å². The van der Waals surface area contributed by atoms with Gasteiger partial charge in [0, 0.05) is 25.0 Å². The number of aromatic nitrogens is 2. The van der Waals surface area contributed by atoms with Gasteiger partial charge in [-0.15, -0.1) is 0 Å². The molecule has 1 aliphatic carbocycles. The van der Waals surface area contributed by atoms with Gasteiger partial charge in [-0.2, -0.15) is 0 Å². The minimum Gasteiger partial charge on any atom is -0.351 e. The Balaban J connectivity index is 1.45. The zero-order valence-corrected chi connectivity index (χ0v) is 13.6. The molecule has 6 nitrogen and oxygen atoms in total.